The molecule has 1 aromatic heterocycles. The van der Waals surface area contributed by atoms with Crippen LogP contribution in [0.15, 0.2) is 36.5 Å². The topological polar surface area (TPSA) is 61.2 Å². The van der Waals surface area contributed by atoms with E-state index in [4.69, 9.17) is 5.41 Å². The summed E-state index contributed by atoms with van der Waals surface area (Å²) in [7, 11) is 1.32. The SMILES string of the molecule is CCC(=N)c1c(N2CC(F)C2)ccnc1Nc1ccc(OC(F)(F)P)cc1. The van der Waals surface area contributed by atoms with E-state index in [2.05, 4.69) is 15.0 Å². The lowest BCUT2D eigenvalue weighted by molar-refractivity contribution is -0.0892. The Morgan fingerprint density at radius 1 is 1.33 bits per heavy atom. The molecular weight excluding hydrogens is 376 g/mol. The van der Waals surface area contributed by atoms with Crippen LogP contribution in [0.1, 0.15) is 18.9 Å². The first-order valence-electron chi connectivity index (χ1n) is 8.45. The zero-order valence-corrected chi connectivity index (χ0v) is 15.8. The highest BCUT2D eigenvalue weighted by Gasteiger charge is 2.30. The normalized spacial score (nSPS) is 14.6. The number of halogens is 3. The van der Waals surface area contributed by atoms with Crippen LogP contribution in [-0.2, 0) is 0 Å². The van der Waals surface area contributed by atoms with Crippen molar-refractivity contribution in [1.82, 2.24) is 4.98 Å². The quantitative estimate of drug-likeness (QED) is 0.532. The molecule has 144 valence electrons. The second kappa shape index (κ2) is 7.72. The van der Waals surface area contributed by atoms with Crippen LogP contribution in [0.2, 0.25) is 0 Å². The maximum absolute atomic E-state index is 13.3. The Balaban J connectivity index is 1.86. The summed E-state index contributed by atoms with van der Waals surface area (Å²) in [6.07, 6.45) is 1.24. The molecule has 1 fully saturated rings. The average Bonchev–Trinajstić information content (AvgIpc) is 2.58. The lowest BCUT2D eigenvalue weighted by Crippen LogP contribution is -2.49. The van der Waals surface area contributed by atoms with Crippen LogP contribution < -0.4 is 15.0 Å². The molecule has 9 heteroatoms. The Labute approximate surface area is 157 Å². The van der Waals surface area contributed by atoms with Crippen LogP contribution in [0.4, 0.5) is 30.4 Å². The summed E-state index contributed by atoms with van der Waals surface area (Å²) >= 11 is 0. The van der Waals surface area contributed by atoms with Gasteiger partial charge >= 0.3 is 5.85 Å². The van der Waals surface area contributed by atoms with Crippen LogP contribution in [0, 0.1) is 5.41 Å². The summed E-state index contributed by atoms with van der Waals surface area (Å²) in [6.45, 7) is 2.46. The Kier molecular flexibility index (Phi) is 5.56. The highest BCUT2D eigenvalue weighted by Crippen LogP contribution is 2.33. The number of ether oxygens (including phenoxy) is 1. The molecule has 0 spiro atoms. The van der Waals surface area contributed by atoms with Gasteiger partial charge in [-0.25, -0.2) is 9.37 Å². The maximum Gasteiger partial charge on any atom is 0.408 e. The molecule has 1 aromatic carbocycles. The summed E-state index contributed by atoms with van der Waals surface area (Å²) in [5.74, 6) is -2.84. The lowest BCUT2D eigenvalue weighted by atomic mass is 10.0. The van der Waals surface area contributed by atoms with Crippen LogP contribution in [0.3, 0.4) is 0 Å². The third kappa shape index (κ3) is 4.69. The van der Waals surface area contributed by atoms with Gasteiger partial charge in [-0.3, -0.25) is 0 Å². The van der Waals surface area contributed by atoms with E-state index in [-0.39, 0.29) is 5.75 Å². The number of hydrogen-bond acceptors (Lipinski definition) is 5. The first kappa shape index (κ1) is 19.4. The standard InChI is InChI=1S/C18H20F3N4OP/c1-2-14(22)16-15(25-9-11(19)10-25)7-8-23-17(16)24-12-3-5-13(6-4-12)26-18(20,21)27/h3-8,11,22H,2,9-10,27H2,1H3,(H,23,24). The molecule has 2 heterocycles. The fourth-order valence-corrected chi connectivity index (χ4v) is 2.94. The van der Waals surface area contributed by atoms with Gasteiger partial charge in [0.1, 0.15) is 17.7 Å². The van der Waals surface area contributed by atoms with Crippen molar-refractivity contribution >= 4 is 32.1 Å². The number of rotatable bonds is 7. The minimum atomic E-state index is -3.33. The highest BCUT2D eigenvalue weighted by atomic mass is 31.0. The Bertz CT molecular complexity index is 820. The number of alkyl halides is 3. The van der Waals surface area contributed by atoms with Crippen LogP contribution in [0.5, 0.6) is 5.75 Å². The van der Waals surface area contributed by atoms with Crippen molar-refractivity contribution in [1.29, 1.82) is 5.41 Å². The van der Waals surface area contributed by atoms with Crippen molar-refractivity contribution in [2.45, 2.75) is 25.4 Å². The molecule has 2 N–H and O–H groups in total. The molecule has 0 radical (unpaired) electrons. The number of pyridine rings is 1. The van der Waals surface area contributed by atoms with Gasteiger partial charge in [-0.2, -0.15) is 8.78 Å². The fraction of sp³-hybridized carbons (Fsp3) is 0.333. The van der Waals surface area contributed by atoms with Gasteiger partial charge in [0, 0.05) is 17.6 Å². The van der Waals surface area contributed by atoms with Crippen molar-refractivity contribution in [2.24, 2.45) is 0 Å². The molecule has 0 aliphatic carbocycles. The van der Waals surface area contributed by atoms with E-state index >= 15 is 0 Å². The van der Waals surface area contributed by atoms with Crippen molar-refractivity contribution in [3.8, 4) is 5.75 Å². The second-order valence-electron chi connectivity index (χ2n) is 6.20. The lowest BCUT2D eigenvalue weighted by Gasteiger charge is -2.38. The summed E-state index contributed by atoms with van der Waals surface area (Å²) < 4.78 is 43.5. The molecule has 3 rings (SSSR count). The molecule has 0 amide bonds. The number of anilines is 3. The van der Waals surface area contributed by atoms with Gasteiger partial charge in [0.15, 0.2) is 0 Å². The van der Waals surface area contributed by atoms with E-state index in [0.29, 0.717) is 42.3 Å². The molecule has 0 saturated carbocycles. The smallest absolute Gasteiger partial charge is 0.408 e. The monoisotopic (exact) mass is 396 g/mol. The van der Waals surface area contributed by atoms with Gasteiger partial charge in [-0.15, -0.1) is 0 Å². The zero-order valence-electron chi connectivity index (χ0n) is 14.7. The summed E-state index contributed by atoms with van der Waals surface area (Å²) in [4.78, 5) is 6.19. The van der Waals surface area contributed by atoms with Crippen molar-refractivity contribution in [3.63, 3.8) is 0 Å². The van der Waals surface area contributed by atoms with E-state index in [1.807, 2.05) is 11.8 Å². The van der Waals surface area contributed by atoms with Gasteiger partial charge in [-0.05, 0) is 46.0 Å². The van der Waals surface area contributed by atoms with E-state index in [9.17, 15) is 13.2 Å². The minimum Gasteiger partial charge on any atom is -0.430 e. The molecule has 5 nitrogen and oxygen atoms in total. The molecular formula is C18H20F3N4OP. The predicted octanol–water partition coefficient (Wildman–Crippen LogP) is 4.57. The minimum absolute atomic E-state index is 0.0263. The van der Waals surface area contributed by atoms with Crippen LogP contribution in [0.25, 0.3) is 0 Å². The fourth-order valence-electron chi connectivity index (χ4n) is 2.81. The predicted molar refractivity (Wildman–Crippen MR) is 103 cm³/mol. The molecule has 1 unspecified atom stereocenters. The van der Waals surface area contributed by atoms with Gasteiger partial charge < -0.3 is 20.4 Å². The molecule has 1 saturated heterocycles. The molecule has 2 aromatic rings. The first-order chi connectivity index (χ1) is 12.8. The Hall–Kier alpha value is -2.34. The first-order valence-corrected chi connectivity index (χ1v) is 9.03. The highest BCUT2D eigenvalue weighted by molar-refractivity contribution is 7.17. The van der Waals surface area contributed by atoms with Gasteiger partial charge in [0.2, 0.25) is 0 Å². The third-order valence-corrected chi connectivity index (χ3v) is 4.25. The van der Waals surface area contributed by atoms with Crippen LogP contribution >= 0.6 is 9.24 Å². The average molecular weight is 396 g/mol. The maximum atomic E-state index is 13.3. The van der Waals surface area contributed by atoms with Crippen molar-refractivity contribution in [3.05, 3.63) is 42.1 Å². The number of nitrogens with one attached hydrogen (secondary N) is 2. The number of hydrogen-bond donors (Lipinski definition) is 2. The number of aromatic nitrogens is 1. The Morgan fingerprint density at radius 3 is 2.56 bits per heavy atom. The molecule has 27 heavy (non-hydrogen) atoms. The number of nitrogens with zero attached hydrogens (tertiary/aromatic N) is 2. The van der Waals surface area contributed by atoms with E-state index in [0.717, 1.165) is 5.69 Å². The summed E-state index contributed by atoms with van der Waals surface area (Å²) in [6, 6.07) is 7.77. The van der Waals surface area contributed by atoms with Crippen molar-refractivity contribution in [2.75, 3.05) is 23.3 Å². The van der Waals surface area contributed by atoms with Crippen molar-refractivity contribution < 1.29 is 17.9 Å². The van der Waals surface area contributed by atoms with E-state index < -0.39 is 12.0 Å². The summed E-state index contributed by atoms with van der Waals surface area (Å²) in [5.41, 5.74) is 2.36. The molecule has 0 bridgehead atoms. The summed E-state index contributed by atoms with van der Waals surface area (Å²) in [5, 5.41) is 11.4. The third-order valence-electron chi connectivity index (χ3n) is 4.13. The zero-order chi connectivity index (χ0) is 19.6. The van der Waals surface area contributed by atoms with Crippen LogP contribution in [-0.4, -0.2) is 35.8 Å². The van der Waals surface area contributed by atoms with Gasteiger partial charge in [0.25, 0.3) is 0 Å². The second-order valence-corrected chi connectivity index (χ2v) is 6.87. The largest absolute Gasteiger partial charge is 0.430 e. The number of benzene rings is 1. The van der Waals surface area contributed by atoms with Gasteiger partial charge in [0.05, 0.1) is 24.3 Å². The molecule has 1 aliphatic heterocycles. The van der Waals surface area contributed by atoms with E-state index in [1.165, 1.54) is 21.4 Å². The molecule has 1 atom stereocenters. The van der Waals surface area contributed by atoms with Gasteiger partial charge in [-0.1, -0.05) is 6.92 Å². The molecule has 1 aliphatic rings. The Morgan fingerprint density at radius 2 is 2.00 bits per heavy atom. The van der Waals surface area contributed by atoms with E-state index in [1.54, 1.807) is 24.4 Å².